The molecule has 0 heterocycles. The van der Waals surface area contributed by atoms with Gasteiger partial charge in [0, 0.05) is 6.04 Å². The van der Waals surface area contributed by atoms with Gasteiger partial charge in [0.25, 0.3) is 0 Å². The maximum absolute atomic E-state index is 11.3. The van der Waals surface area contributed by atoms with Crippen molar-refractivity contribution < 1.29 is 9.53 Å². The van der Waals surface area contributed by atoms with Crippen LogP contribution in [-0.4, -0.2) is 13.1 Å². The Labute approximate surface area is 102 Å². The minimum atomic E-state index is -0.302. The van der Waals surface area contributed by atoms with Crippen molar-refractivity contribution in [3.63, 3.8) is 0 Å². The van der Waals surface area contributed by atoms with Gasteiger partial charge in [-0.2, -0.15) is 0 Å². The lowest BCUT2D eigenvalue weighted by Crippen LogP contribution is -2.20. The first-order valence-electron chi connectivity index (χ1n) is 6.14. The molecule has 1 aromatic rings. The van der Waals surface area contributed by atoms with E-state index in [2.05, 4.69) is 4.74 Å². The second-order valence-electron chi connectivity index (χ2n) is 4.75. The van der Waals surface area contributed by atoms with Crippen molar-refractivity contribution in [1.82, 2.24) is 0 Å². The summed E-state index contributed by atoms with van der Waals surface area (Å²) in [6.07, 6.45) is 5.03. The molecule has 1 atom stereocenters. The number of hydrogen-bond acceptors (Lipinski definition) is 3. The van der Waals surface area contributed by atoms with Crippen LogP contribution in [0.1, 0.15) is 47.6 Å². The Bertz CT molecular complexity index is 382. The Morgan fingerprint density at radius 1 is 1.41 bits per heavy atom. The molecule has 0 amide bonds. The highest BCUT2D eigenvalue weighted by molar-refractivity contribution is 5.89. The molecule has 0 bridgehead atoms. The minimum Gasteiger partial charge on any atom is -0.465 e. The van der Waals surface area contributed by atoms with Crippen LogP contribution in [0.3, 0.4) is 0 Å². The van der Waals surface area contributed by atoms with Gasteiger partial charge < -0.3 is 10.5 Å². The van der Waals surface area contributed by atoms with E-state index in [0.717, 1.165) is 17.9 Å². The van der Waals surface area contributed by atoms with Gasteiger partial charge in [-0.1, -0.05) is 31.4 Å². The standard InChI is InChI=1S/C14H19NO2/c1-17-14(16)12-7-5-11(6-8-12)13(15)9-10-3-2-4-10/h5-8,10,13H,2-4,9,15H2,1H3. The number of carbonyl (C=O) groups excluding carboxylic acids is 1. The average Bonchev–Trinajstić information content (AvgIpc) is 2.32. The molecule has 1 aliphatic carbocycles. The molecular formula is C14H19NO2. The molecule has 1 aliphatic rings. The number of carbonyl (C=O) groups is 1. The van der Waals surface area contributed by atoms with Gasteiger partial charge in [-0.05, 0) is 30.0 Å². The van der Waals surface area contributed by atoms with Gasteiger partial charge in [0.1, 0.15) is 0 Å². The van der Waals surface area contributed by atoms with E-state index in [9.17, 15) is 4.79 Å². The van der Waals surface area contributed by atoms with Crippen LogP contribution in [0, 0.1) is 5.92 Å². The molecule has 1 fully saturated rings. The molecule has 92 valence electrons. The summed E-state index contributed by atoms with van der Waals surface area (Å²) in [6.45, 7) is 0. The van der Waals surface area contributed by atoms with Gasteiger partial charge in [-0.25, -0.2) is 4.79 Å². The predicted molar refractivity (Wildman–Crippen MR) is 66.7 cm³/mol. The fourth-order valence-corrected chi connectivity index (χ4v) is 2.21. The zero-order valence-corrected chi connectivity index (χ0v) is 10.2. The predicted octanol–water partition coefficient (Wildman–Crippen LogP) is 2.66. The van der Waals surface area contributed by atoms with E-state index in [0.29, 0.717) is 5.56 Å². The van der Waals surface area contributed by atoms with E-state index in [-0.39, 0.29) is 12.0 Å². The Hall–Kier alpha value is -1.35. The van der Waals surface area contributed by atoms with E-state index in [1.807, 2.05) is 12.1 Å². The van der Waals surface area contributed by atoms with Crippen molar-refractivity contribution >= 4 is 5.97 Å². The molecule has 0 aliphatic heterocycles. The monoisotopic (exact) mass is 233 g/mol. The first kappa shape index (κ1) is 12.1. The quantitative estimate of drug-likeness (QED) is 0.813. The van der Waals surface area contributed by atoms with Crippen molar-refractivity contribution in [3.8, 4) is 0 Å². The summed E-state index contributed by atoms with van der Waals surface area (Å²) in [5, 5.41) is 0. The number of benzene rings is 1. The van der Waals surface area contributed by atoms with E-state index in [1.54, 1.807) is 12.1 Å². The van der Waals surface area contributed by atoms with Crippen LogP contribution in [-0.2, 0) is 4.74 Å². The smallest absolute Gasteiger partial charge is 0.337 e. The Morgan fingerprint density at radius 3 is 2.53 bits per heavy atom. The highest BCUT2D eigenvalue weighted by atomic mass is 16.5. The molecule has 2 N–H and O–H groups in total. The normalized spacial score (nSPS) is 17.3. The topological polar surface area (TPSA) is 52.3 Å². The molecule has 2 rings (SSSR count). The fourth-order valence-electron chi connectivity index (χ4n) is 2.21. The van der Waals surface area contributed by atoms with Crippen LogP contribution < -0.4 is 5.73 Å². The molecular weight excluding hydrogens is 214 g/mol. The molecule has 1 saturated carbocycles. The lowest BCUT2D eigenvalue weighted by molar-refractivity contribution is 0.0600. The van der Waals surface area contributed by atoms with E-state index < -0.39 is 0 Å². The third-order valence-corrected chi connectivity index (χ3v) is 3.57. The van der Waals surface area contributed by atoms with Gasteiger partial charge in [-0.15, -0.1) is 0 Å². The number of esters is 1. The maximum atomic E-state index is 11.3. The largest absolute Gasteiger partial charge is 0.465 e. The summed E-state index contributed by atoms with van der Waals surface area (Å²) >= 11 is 0. The summed E-state index contributed by atoms with van der Waals surface area (Å²) in [7, 11) is 1.39. The molecule has 0 radical (unpaired) electrons. The van der Waals surface area contributed by atoms with Crippen molar-refractivity contribution in [1.29, 1.82) is 0 Å². The number of ether oxygens (including phenoxy) is 1. The van der Waals surface area contributed by atoms with Gasteiger partial charge in [-0.3, -0.25) is 0 Å². The van der Waals surface area contributed by atoms with E-state index in [1.165, 1.54) is 26.4 Å². The third-order valence-electron chi connectivity index (χ3n) is 3.57. The lowest BCUT2D eigenvalue weighted by atomic mass is 9.80. The van der Waals surface area contributed by atoms with Crippen LogP contribution in [0.25, 0.3) is 0 Å². The molecule has 1 unspecified atom stereocenters. The van der Waals surface area contributed by atoms with E-state index in [4.69, 9.17) is 5.73 Å². The van der Waals surface area contributed by atoms with Crippen molar-refractivity contribution in [2.75, 3.05) is 7.11 Å². The Kier molecular flexibility index (Phi) is 3.79. The SMILES string of the molecule is COC(=O)c1ccc(C(N)CC2CCC2)cc1. The van der Waals surface area contributed by atoms with Crippen molar-refractivity contribution in [3.05, 3.63) is 35.4 Å². The summed E-state index contributed by atoms with van der Waals surface area (Å²) in [4.78, 5) is 11.3. The van der Waals surface area contributed by atoms with E-state index >= 15 is 0 Å². The summed E-state index contributed by atoms with van der Waals surface area (Å²) in [6, 6.07) is 7.50. The zero-order chi connectivity index (χ0) is 12.3. The van der Waals surface area contributed by atoms with Gasteiger partial charge >= 0.3 is 5.97 Å². The second kappa shape index (κ2) is 5.32. The fraction of sp³-hybridized carbons (Fsp3) is 0.500. The summed E-state index contributed by atoms with van der Waals surface area (Å²) in [5.74, 6) is 0.495. The minimum absolute atomic E-state index is 0.0898. The van der Waals surface area contributed by atoms with Crippen LogP contribution in [0.4, 0.5) is 0 Å². The average molecular weight is 233 g/mol. The number of rotatable bonds is 4. The first-order chi connectivity index (χ1) is 8.20. The molecule has 17 heavy (non-hydrogen) atoms. The number of nitrogens with two attached hydrogens (primary N) is 1. The molecule has 0 aromatic heterocycles. The molecule has 1 aromatic carbocycles. The van der Waals surface area contributed by atoms with Gasteiger partial charge in [0.2, 0.25) is 0 Å². The highest BCUT2D eigenvalue weighted by Crippen LogP contribution is 2.33. The highest BCUT2D eigenvalue weighted by Gasteiger charge is 2.21. The first-order valence-corrected chi connectivity index (χ1v) is 6.14. The lowest BCUT2D eigenvalue weighted by Gasteiger charge is -2.28. The van der Waals surface area contributed by atoms with Crippen molar-refractivity contribution in [2.45, 2.75) is 31.7 Å². The summed E-state index contributed by atoms with van der Waals surface area (Å²) in [5.41, 5.74) is 7.83. The summed E-state index contributed by atoms with van der Waals surface area (Å²) < 4.78 is 4.66. The van der Waals surface area contributed by atoms with Crippen LogP contribution in [0.5, 0.6) is 0 Å². The molecule has 0 saturated heterocycles. The molecule has 3 heteroatoms. The van der Waals surface area contributed by atoms with Crippen LogP contribution in [0.15, 0.2) is 24.3 Å². The molecule has 0 spiro atoms. The second-order valence-corrected chi connectivity index (χ2v) is 4.75. The number of methoxy groups -OCH3 is 1. The zero-order valence-electron chi connectivity index (χ0n) is 10.2. The van der Waals surface area contributed by atoms with Crippen LogP contribution >= 0.6 is 0 Å². The van der Waals surface area contributed by atoms with Crippen molar-refractivity contribution in [2.24, 2.45) is 11.7 Å². The Balaban J connectivity index is 1.98. The van der Waals surface area contributed by atoms with Gasteiger partial charge in [0.15, 0.2) is 0 Å². The number of hydrogen-bond donors (Lipinski definition) is 1. The van der Waals surface area contributed by atoms with Gasteiger partial charge in [0.05, 0.1) is 12.7 Å². The van der Waals surface area contributed by atoms with Crippen LogP contribution in [0.2, 0.25) is 0 Å². The third kappa shape index (κ3) is 2.86. The molecule has 3 nitrogen and oxygen atoms in total. The maximum Gasteiger partial charge on any atom is 0.337 e. The Morgan fingerprint density at radius 2 is 2.06 bits per heavy atom.